The van der Waals surface area contributed by atoms with Crippen molar-refractivity contribution in [2.24, 2.45) is 0 Å². The van der Waals surface area contributed by atoms with Gasteiger partial charge in [0.25, 0.3) is 0 Å². The highest BCUT2D eigenvalue weighted by Crippen LogP contribution is 2.38. The van der Waals surface area contributed by atoms with Gasteiger partial charge < -0.3 is 20.3 Å². The summed E-state index contributed by atoms with van der Waals surface area (Å²) in [5, 5.41) is 24.2. The van der Waals surface area contributed by atoms with E-state index in [1.54, 1.807) is 6.07 Å². The predicted molar refractivity (Wildman–Crippen MR) is 141 cm³/mol. The zero-order valence-electron chi connectivity index (χ0n) is 20.0. The van der Waals surface area contributed by atoms with Crippen LogP contribution >= 0.6 is 0 Å². The Morgan fingerprint density at radius 1 is 1.03 bits per heavy atom. The van der Waals surface area contributed by atoms with Crippen molar-refractivity contribution in [2.45, 2.75) is 51.6 Å². The molecule has 4 aromatic rings. The normalized spacial score (nSPS) is 17.2. The van der Waals surface area contributed by atoms with Gasteiger partial charge in [-0.05, 0) is 62.2 Å². The summed E-state index contributed by atoms with van der Waals surface area (Å²) in [7, 11) is -1.53. The van der Waals surface area contributed by atoms with E-state index in [1.807, 2.05) is 35.8 Å². The number of piperidine rings is 1. The number of hydrogen-bond donors (Lipinski definition) is 3. The number of aryl methyl sites for hydroxylation is 1. The topological polar surface area (TPSA) is 86.4 Å². The summed E-state index contributed by atoms with van der Waals surface area (Å²) in [5.41, 5.74) is 4.71. The van der Waals surface area contributed by atoms with Crippen LogP contribution in [0.15, 0.2) is 54.6 Å². The Kier molecular flexibility index (Phi) is 5.70. The number of rotatable bonds is 5. The molecule has 2 aromatic carbocycles. The molecule has 0 amide bonds. The van der Waals surface area contributed by atoms with Gasteiger partial charge in [-0.15, -0.1) is 0 Å². The van der Waals surface area contributed by atoms with Crippen LogP contribution < -0.4 is 15.7 Å². The molecule has 3 N–H and O–H groups in total. The van der Waals surface area contributed by atoms with Gasteiger partial charge in [0.05, 0.1) is 5.52 Å². The monoisotopic (exact) mass is 467 g/mol. The molecule has 35 heavy (non-hydrogen) atoms. The van der Waals surface area contributed by atoms with Crippen LogP contribution in [0, 0.1) is 6.92 Å². The number of aromatic nitrogens is 3. The van der Waals surface area contributed by atoms with Gasteiger partial charge in [0.2, 0.25) is 5.95 Å². The lowest BCUT2D eigenvalue weighted by Crippen LogP contribution is -2.44. The third kappa shape index (κ3) is 3.96. The average Bonchev–Trinajstić information content (AvgIpc) is 3.23. The number of hydrogen-bond acceptors (Lipinski definition) is 6. The first-order valence-electron chi connectivity index (χ1n) is 12.5. The van der Waals surface area contributed by atoms with Gasteiger partial charge in [0.15, 0.2) is 0 Å². The van der Waals surface area contributed by atoms with E-state index in [4.69, 9.17) is 9.97 Å². The van der Waals surface area contributed by atoms with Gasteiger partial charge in [-0.2, -0.15) is 9.97 Å². The fourth-order valence-corrected chi connectivity index (χ4v) is 5.72. The van der Waals surface area contributed by atoms with E-state index in [9.17, 15) is 10.0 Å². The van der Waals surface area contributed by atoms with Gasteiger partial charge in [-0.3, -0.25) is 4.57 Å². The molecule has 8 heteroatoms. The third-order valence-electron chi connectivity index (χ3n) is 7.44. The van der Waals surface area contributed by atoms with Crippen LogP contribution in [0.3, 0.4) is 0 Å². The van der Waals surface area contributed by atoms with Crippen LogP contribution in [-0.4, -0.2) is 44.3 Å². The summed E-state index contributed by atoms with van der Waals surface area (Å²) in [4.78, 5) is 12.7. The molecule has 1 atom stereocenters. The number of nitrogens with zero attached hydrogens (tertiary/aromatic N) is 4. The first kappa shape index (κ1) is 22.1. The largest absolute Gasteiger partial charge is 0.489 e. The summed E-state index contributed by atoms with van der Waals surface area (Å²) in [6.07, 6.45) is 5.79. The fourth-order valence-electron chi connectivity index (χ4n) is 5.72. The minimum Gasteiger partial charge on any atom is -0.423 e. The fraction of sp³-hybridized carbons (Fsp3) is 0.333. The van der Waals surface area contributed by atoms with Gasteiger partial charge in [0, 0.05) is 35.8 Å². The average molecular weight is 467 g/mol. The molecule has 0 bridgehead atoms. The second kappa shape index (κ2) is 9.02. The first-order valence-corrected chi connectivity index (χ1v) is 12.5. The van der Waals surface area contributed by atoms with Crippen molar-refractivity contribution < 1.29 is 10.0 Å². The summed E-state index contributed by atoms with van der Waals surface area (Å²) in [6.45, 7) is 3.73. The van der Waals surface area contributed by atoms with Crippen LogP contribution in [0.25, 0.3) is 16.9 Å². The first-order chi connectivity index (χ1) is 17.1. The molecule has 4 heterocycles. The minimum atomic E-state index is -1.53. The van der Waals surface area contributed by atoms with Crippen molar-refractivity contribution >= 4 is 35.1 Å². The molecule has 178 valence electrons. The van der Waals surface area contributed by atoms with Crippen LogP contribution in [0.5, 0.6) is 0 Å². The SMILES string of the molecule is Cc1cc2c(B(O)O)cccc2n1-c1nc(NCc2ccccc2)c2c(n1)N1CCCCC1CC2. The number of nitrogens with one attached hydrogen (secondary N) is 1. The predicted octanol–water partition coefficient (Wildman–Crippen LogP) is 3.33. The Hall–Kier alpha value is -3.36. The van der Waals surface area contributed by atoms with Crippen LogP contribution in [0.4, 0.5) is 11.6 Å². The molecule has 0 aliphatic carbocycles. The van der Waals surface area contributed by atoms with Gasteiger partial charge in [0.1, 0.15) is 11.6 Å². The molecular formula is C27H30BN5O2. The zero-order valence-corrected chi connectivity index (χ0v) is 20.0. The molecule has 0 radical (unpaired) electrons. The maximum absolute atomic E-state index is 9.90. The van der Waals surface area contributed by atoms with E-state index in [2.05, 4.69) is 34.5 Å². The van der Waals surface area contributed by atoms with Crippen molar-refractivity contribution in [3.8, 4) is 5.95 Å². The highest BCUT2D eigenvalue weighted by Gasteiger charge is 2.32. The summed E-state index contributed by atoms with van der Waals surface area (Å²) >= 11 is 0. The molecule has 1 unspecified atom stereocenters. The van der Waals surface area contributed by atoms with Crippen LogP contribution in [0.1, 0.15) is 42.5 Å². The van der Waals surface area contributed by atoms with E-state index < -0.39 is 7.12 Å². The minimum absolute atomic E-state index is 0.487. The second-order valence-corrected chi connectivity index (χ2v) is 9.67. The highest BCUT2D eigenvalue weighted by atomic mass is 16.4. The summed E-state index contributed by atoms with van der Waals surface area (Å²) in [5.74, 6) is 2.54. The Balaban J connectivity index is 1.50. The molecule has 2 aliphatic heterocycles. The standard InChI is InChI=1S/C27H30BN5O2/c1-18-16-22-23(28(34)35)11-7-12-24(22)33(18)27-30-25(29-17-19-8-3-2-4-9-19)21-14-13-20-10-5-6-15-32(20)26(21)31-27/h2-4,7-9,11-12,16,20,34-35H,5-6,10,13-15,17H2,1H3,(H,29,30,31). The van der Waals surface area contributed by atoms with Crippen LogP contribution in [0.2, 0.25) is 0 Å². The highest BCUT2D eigenvalue weighted by molar-refractivity contribution is 6.61. The molecule has 1 fully saturated rings. The van der Waals surface area contributed by atoms with Crippen molar-refractivity contribution in [3.05, 3.63) is 71.4 Å². The smallest absolute Gasteiger partial charge is 0.423 e. The van der Waals surface area contributed by atoms with Gasteiger partial charge >= 0.3 is 7.12 Å². The Bertz CT molecular complexity index is 1370. The molecule has 0 spiro atoms. The van der Waals surface area contributed by atoms with E-state index in [0.717, 1.165) is 47.6 Å². The Labute approximate surface area is 205 Å². The number of fused-ring (bicyclic) bond motifs is 4. The number of anilines is 2. The van der Waals surface area contributed by atoms with Crippen molar-refractivity contribution in [1.29, 1.82) is 0 Å². The lowest BCUT2D eigenvalue weighted by Gasteiger charge is -2.41. The zero-order chi connectivity index (χ0) is 23.9. The van der Waals surface area contributed by atoms with Crippen LogP contribution in [-0.2, 0) is 13.0 Å². The second-order valence-electron chi connectivity index (χ2n) is 9.67. The van der Waals surface area contributed by atoms with Gasteiger partial charge in [-0.1, -0.05) is 42.5 Å². The van der Waals surface area contributed by atoms with Crippen molar-refractivity contribution in [1.82, 2.24) is 14.5 Å². The quantitative estimate of drug-likeness (QED) is 0.391. The van der Waals surface area contributed by atoms with Crippen molar-refractivity contribution in [2.75, 3.05) is 16.8 Å². The Morgan fingerprint density at radius 2 is 1.89 bits per heavy atom. The van der Waals surface area contributed by atoms with E-state index in [1.165, 1.54) is 30.4 Å². The molecular weight excluding hydrogens is 437 g/mol. The molecule has 2 aliphatic rings. The Morgan fingerprint density at radius 3 is 2.71 bits per heavy atom. The molecule has 2 aromatic heterocycles. The lowest BCUT2D eigenvalue weighted by molar-refractivity contribution is 0.419. The van der Waals surface area contributed by atoms with E-state index in [0.29, 0.717) is 24.0 Å². The molecule has 7 nitrogen and oxygen atoms in total. The van der Waals surface area contributed by atoms with Crippen molar-refractivity contribution in [3.63, 3.8) is 0 Å². The summed E-state index contributed by atoms with van der Waals surface area (Å²) < 4.78 is 2.03. The van der Waals surface area contributed by atoms with Gasteiger partial charge in [-0.25, -0.2) is 0 Å². The van der Waals surface area contributed by atoms with E-state index in [-0.39, 0.29) is 0 Å². The van der Waals surface area contributed by atoms with E-state index >= 15 is 0 Å². The number of benzene rings is 2. The molecule has 6 rings (SSSR count). The maximum atomic E-state index is 9.90. The molecule has 1 saturated heterocycles. The maximum Gasteiger partial charge on any atom is 0.489 e. The third-order valence-corrected chi connectivity index (χ3v) is 7.44. The molecule has 0 saturated carbocycles. The summed E-state index contributed by atoms with van der Waals surface area (Å²) in [6, 6.07) is 18.5. The lowest BCUT2D eigenvalue weighted by atomic mass is 9.78.